The van der Waals surface area contributed by atoms with Crippen LogP contribution in [0.5, 0.6) is 0 Å². The Morgan fingerprint density at radius 3 is 2.53 bits per heavy atom. The molecule has 0 spiro atoms. The summed E-state index contributed by atoms with van der Waals surface area (Å²) in [4.78, 5) is 0. The predicted octanol–water partition coefficient (Wildman–Crippen LogP) is 3.75. The highest BCUT2D eigenvalue weighted by atomic mass is 15.3. The second kappa shape index (κ2) is 5.30. The number of nitrogens with zero attached hydrogens (tertiary/aromatic N) is 1. The first-order valence-electron chi connectivity index (χ1n) is 5.67. The molecule has 0 fully saturated rings. The Balaban J connectivity index is 2.08. The average Bonchev–Trinajstić information content (AvgIpc) is 2.35. The predicted molar refractivity (Wildman–Crippen MR) is 73.6 cm³/mol. The number of hydrogen-bond donors (Lipinski definition) is 1. The Bertz CT molecular complexity index is 516. The van der Waals surface area contributed by atoms with Crippen LogP contribution in [0.1, 0.15) is 16.7 Å². The van der Waals surface area contributed by atoms with Crippen molar-refractivity contribution < 1.29 is 0 Å². The maximum absolute atomic E-state index is 4.24. The normalized spacial score (nSPS) is 10.7. The Kier molecular flexibility index (Phi) is 3.55. The average molecular weight is 224 g/mol. The number of anilines is 1. The minimum Gasteiger partial charge on any atom is -0.279 e. The van der Waals surface area contributed by atoms with Crippen LogP contribution in [0.25, 0.3) is 0 Å². The van der Waals surface area contributed by atoms with Crippen molar-refractivity contribution >= 4 is 11.9 Å². The van der Waals surface area contributed by atoms with Crippen LogP contribution in [0.2, 0.25) is 0 Å². The van der Waals surface area contributed by atoms with E-state index in [0.717, 1.165) is 11.3 Å². The van der Waals surface area contributed by atoms with Crippen molar-refractivity contribution in [3.63, 3.8) is 0 Å². The van der Waals surface area contributed by atoms with E-state index in [-0.39, 0.29) is 0 Å². The van der Waals surface area contributed by atoms with Gasteiger partial charge in [0.25, 0.3) is 0 Å². The van der Waals surface area contributed by atoms with Gasteiger partial charge in [0.05, 0.1) is 11.9 Å². The molecule has 0 saturated heterocycles. The molecular weight excluding hydrogens is 208 g/mol. The van der Waals surface area contributed by atoms with Gasteiger partial charge in [-0.3, -0.25) is 5.43 Å². The van der Waals surface area contributed by atoms with Gasteiger partial charge in [0, 0.05) is 0 Å². The summed E-state index contributed by atoms with van der Waals surface area (Å²) in [5.74, 6) is 0. The molecule has 0 radical (unpaired) electrons. The van der Waals surface area contributed by atoms with Crippen LogP contribution in [0.4, 0.5) is 5.69 Å². The second-order valence-electron chi connectivity index (χ2n) is 4.10. The van der Waals surface area contributed by atoms with E-state index in [1.165, 1.54) is 11.1 Å². The number of benzene rings is 2. The first kappa shape index (κ1) is 11.4. The quantitative estimate of drug-likeness (QED) is 0.623. The van der Waals surface area contributed by atoms with Gasteiger partial charge in [-0.15, -0.1) is 0 Å². The van der Waals surface area contributed by atoms with Gasteiger partial charge >= 0.3 is 0 Å². The van der Waals surface area contributed by atoms with Gasteiger partial charge in [0.2, 0.25) is 0 Å². The van der Waals surface area contributed by atoms with Crippen molar-refractivity contribution in [3.8, 4) is 0 Å². The molecule has 0 aliphatic carbocycles. The van der Waals surface area contributed by atoms with Crippen LogP contribution in [0.3, 0.4) is 0 Å². The van der Waals surface area contributed by atoms with E-state index in [9.17, 15) is 0 Å². The number of rotatable bonds is 3. The summed E-state index contributed by atoms with van der Waals surface area (Å²) in [6.07, 6.45) is 1.86. The van der Waals surface area contributed by atoms with Crippen molar-refractivity contribution in [2.24, 2.45) is 5.10 Å². The molecule has 0 amide bonds. The summed E-state index contributed by atoms with van der Waals surface area (Å²) in [6.45, 7) is 4.17. The van der Waals surface area contributed by atoms with Crippen molar-refractivity contribution in [1.29, 1.82) is 0 Å². The van der Waals surface area contributed by atoms with Crippen molar-refractivity contribution in [3.05, 3.63) is 65.2 Å². The van der Waals surface area contributed by atoms with Crippen LogP contribution < -0.4 is 5.43 Å². The highest BCUT2D eigenvalue weighted by molar-refractivity contribution is 5.82. The molecule has 0 aromatic heterocycles. The first-order valence-corrected chi connectivity index (χ1v) is 5.67. The maximum atomic E-state index is 4.24. The SMILES string of the molecule is Cc1ccc(C)c(C=NNc2ccccc2)c1. The molecule has 2 rings (SSSR count). The molecular formula is C15H16N2. The summed E-state index contributed by atoms with van der Waals surface area (Å²) >= 11 is 0. The standard InChI is InChI=1S/C15H16N2/c1-12-8-9-13(2)14(10-12)11-16-17-15-6-4-3-5-7-15/h3-11,17H,1-2H3. The van der Waals surface area contributed by atoms with Gasteiger partial charge in [-0.25, -0.2) is 0 Å². The zero-order valence-corrected chi connectivity index (χ0v) is 10.1. The molecule has 2 aromatic carbocycles. The molecule has 0 aliphatic heterocycles. The van der Waals surface area contributed by atoms with E-state index in [1.807, 2.05) is 36.5 Å². The van der Waals surface area contributed by atoms with Crippen molar-refractivity contribution in [2.75, 3.05) is 5.43 Å². The third-order valence-corrected chi connectivity index (χ3v) is 2.61. The lowest BCUT2D eigenvalue weighted by Crippen LogP contribution is -1.92. The van der Waals surface area contributed by atoms with Gasteiger partial charge in [-0.2, -0.15) is 5.10 Å². The Labute approximate surface area is 102 Å². The minimum atomic E-state index is 0.994. The maximum Gasteiger partial charge on any atom is 0.0561 e. The lowest BCUT2D eigenvalue weighted by atomic mass is 10.1. The van der Waals surface area contributed by atoms with Gasteiger partial charge in [0.1, 0.15) is 0 Å². The number of nitrogens with one attached hydrogen (secondary N) is 1. The molecule has 0 atom stereocenters. The topological polar surface area (TPSA) is 24.4 Å². The number of para-hydroxylation sites is 1. The fraction of sp³-hybridized carbons (Fsp3) is 0.133. The molecule has 17 heavy (non-hydrogen) atoms. The monoisotopic (exact) mass is 224 g/mol. The summed E-state index contributed by atoms with van der Waals surface area (Å²) in [5, 5.41) is 4.24. The second-order valence-corrected chi connectivity index (χ2v) is 4.10. The third-order valence-electron chi connectivity index (χ3n) is 2.61. The van der Waals surface area contributed by atoms with Gasteiger partial charge in [0.15, 0.2) is 0 Å². The van der Waals surface area contributed by atoms with E-state index in [0.29, 0.717) is 0 Å². The lowest BCUT2D eigenvalue weighted by molar-refractivity contribution is 1.33. The van der Waals surface area contributed by atoms with Gasteiger partial charge in [-0.05, 0) is 37.1 Å². The summed E-state index contributed by atoms with van der Waals surface area (Å²) in [6, 6.07) is 16.3. The van der Waals surface area contributed by atoms with Gasteiger partial charge in [-0.1, -0.05) is 42.0 Å². The fourth-order valence-corrected chi connectivity index (χ4v) is 1.59. The lowest BCUT2D eigenvalue weighted by Gasteiger charge is -2.02. The minimum absolute atomic E-state index is 0.994. The molecule has 0 saturated carbocycles. The smallest absolute Gasteiger partial charge is 0.0561 e. The van der Waals surface area contributed by atoms with Crippen LogP contribution in [-0.4, -0.2) is 6.21 Å². The van der Waals surface area contributed by atoms with E-state index in [2.05, 4.69) is 42.6 Å². The van der Waals surface area contributed by atoms with Crippen LogP contribution >= 0.6 is 0 Å². The zero-order valence-electron chi connectivity index (χ0n) is 10.1. The fourth-order valence-electron chi connectivity index (χ4n) is 1.59. The van der Waals surface area contributed by atoms with E-state index < -0.39 is 0 Å². The summed E-state index contributed by atoms with van der Waals surface area (Å²) in [7, 11) is 0. The molecule has 0 unspecified atom stereocenters. The largest absolute Gasteiger partial charge is 0.279 e. The highest BCUT2D eigenvalue weighted by Crippen LogP contribution is 2.09. The highest BCUT2D eigenvalue weighted by Gasteiger charge is 1.94. The van der Waals surface area contributed by atoms with E-state index in [1.54, 1.807) is 0 Å². The number of hydrogen-bond acceptors (Lipinski definition) is 2. The van der Waals surface area contributed by atoms with Crippen LogP contribution in [0.15, 0.2) is 53.6 Å². The molecule has 0 heterocycles. The number of aryl methyl sites for hydroxylation is 2. The molecule has 86 valence electrons. The molecule has 2 heteroatoms. The molecule has 2 aromatic rings. The molecule has 0 bridgehead atoms. The van der Waals surface area contributed by atoms with Crippen LogP contribution in [0, 0.1) is 13.8 Å². The molecule has 1 N–H and O–H groups in total. The molecule has 2 nitrogen and oxygen atoms in total. The number of hydrazone groups is 1. The summed E-state index contributed by atoms with van der Waals surface area (Å²) in [5.41, 5.74) is 7.63. The molecule has 0 aliphatic rings. The van der Waals surface area contributed by atoms with Crippen LogP contribution in [-0.2, 0) is 0 Å². The van der Waals surface area contributed by atoms with Gasteiger partial charge < -0.3 is 0 Å². The van der Waals surface area contributed by atoms with Crippen molar-refractivity contribution in [2.45, 2.75) is 13.8 Å². The van der Waals surface area contributed by atoms with Crippen molar-refractivity contribution in [1.82, 2.24) is 0 Å². The summed E-state index contributed by atoms with van der Waals surface area (Å²) < 4.78 is 0. The first-order chi connectivity index (χ1) is 8.25. The Morgan fingerprint density at radius 2 is 1.76 bits per heavy atom. The third kappa shape index (κ3) is 3.18. The zero-order chi connectivity index (χ0) is 12.1. The Morgan fingerprint density at radius 1 is 1.00 bits per heavy atom. The van der Waals surface area contributed by atoms with E-state index in [4.69, 9.17) is 0 Å². The van der Waals surface area contributed by atoms with E-state index >= 15 is 0 Å². The Hall–Kier alpha value is -2.09.